The topological polar surface area (TPSA) is 38.3 Å². The molecule has 0 atom stereocenters. The third-order valence-electron chi connectivity index (χ3n) is 2.78. The molecule has 4 heteroatoms. The summed E-state index contributed by atoms with van der Waals surface area (Å²) in [6.07, 6.45) is 2.34. The van der Waals surface area contributed by atoms with Crippen molar-refractivity contribution < 1.29 is 9.53 Å². The van der Waals surface area contributed by atoms with Crippen LogP contribution in [-0.4, -0.2) is 26.2 Å². The summed E-state index contributed by atoms with van der Waals surface area (Å²) in [7, 11) is 1.42. The van der Waals surface area contributed by atoms with E-state index in [2.05, 4.69) is 5.32 Å². The normalized spacial score (nSPS) is 17.7. The number of nitrogens with one attached hydrogen (secondary N) is 1. The number of piperidine rings is 1. The highest BCUT2D eigenvalue weighted by molar-refractivity contribution is 7.10. The number of carbonyl (C=O) groups excluding carboxylic acids is 1. The van der Waals surface area contributed by atoms with E-state index in [1.165, 1.54) is 24.8 Å². The number of rotatable bonds is 2. The van der Waals surface area contributed by atoms with Gasteiger partial charge in [0, 0.05) is 10.3 Å². The van der Waals surface area contributed by atoms with Crippen molar-refractivity contribution in [3.05, 3.63) is 21.9 Å². The van der Waals surface area contributed by atoms with Crippen LogP contribution in [0.5, 0.6) is 0 Å². The number of methoxy groups -OCH3 is 1. The standard InChI is InChI=1S/C11H15NO2S/c1-14-11(13)9-6-10(15-7-9)8-2-4-12-5-3-8/h6-8,12H,2-5H2,1H3. The molecule has 15 heavy (non-hydrogen) atoms. The summed E-state index contributed by atoms with van der Waals surface area (Å²) in [5.74, 6) is 0.390. The van der Waals surface area contributed by atoms with E-state index in [0.717, 1.165) is 13.1 Å². The molecule has 1 saturated heterocycles. The van der Waals surface area contributed by atoms with E-state index in [9.17, 15) is 4.79 Å². The maximum Gasteiger partial charge on any atom is 0.338 e. The lowest BCUT2D eigenvalue weighted by atomic mass is 9.96. The van der Waals surface area contributed by atoms with Gasteiger partial charge in [0.05, 0.1) is 12.7 Å². The van der Waals surface area contributed by atoms with E-state index in [1.807, 2.05) is 11.4 Å². The molecule has 0 aliphatic carbocycles. The number of thiophene rings is 1. The van der Waals surface area contributed by atoms with E-state index >= 15 is 0 Å². The van der Waals surface area contributed by atoms with Crippen LogP contribution < -0.4 is 5.32 Å². The molecule has 0 aromatic carbocycles. The molecule has 0 bridgehead atoms. The molecule has 2 rings (SSSR count). The van der Waals surface area contributed by atoms with Gasteiger partial charge in [-0.25, -0.2) is 4.79 Å². The second-order valence-electron chi connectivity index (χ2n) is 3.75. The van der Waals surface area contributed by atoms with Gasteiger partial charge in [0.1, 0.15) is 0 Å². The maximum absolute atomic E-state index is 11.3. The van der Waals surface area contributed by atoms with Gasteiger partial charge in [-0.3, -0.25) is 0 Å². The van der Waals surface area contributed by atoms with Crippen molar-refractivity contribution in [2.24, 2.45) is 0 Å². The molecule has 1 aromatic heterocycles. The molecule has 82 valence electrons. The second kappa shape index (κ2) is 4.77. The molecule has 0 radical (unpaired) electrons. The highest BCUT2D eigenvalue weighted by atomic mass is 32.1. The van der Waals surface area contributed by atoms with Crippen molar-refractivity contribution in [1.29, 1.82) is 0 Å². The predicted octanol–water partition coefficient (Wildman–Crippen LogP) is 2.00. The van der Waals surface area contributed by atoms with Gasteiger partial charge in [0.25, 0.3) is 0 Å². The molecule has 0 amide bonds. The molecule has 1 aromatic rings. The second-order valence-corrected chi connectivity index (χ2v) is 4.70. The third-order valence-corrected chi connectivity index (χ3v) is 3.88. The van der Waals surface area contributed by atoms with E-state index in [1.54, 1.807) is 11.3 Å². The Morgan fingerprint density at radius 1 is 1.53 bits per heavy atom. The quantitative estimate of drug-likeness (QED) is 0.782. The van der Waals surface area contributed by atoms with Crippen molar-refractivity contribution in [3.63, 3.8) is 0 Å². The highest BCUT2D eigenvalue weighted by Crippen LogP contribution is 2.30. The first-order valence-corrected chi connectivity index (χ1v) is 6.06. The summed E-state index contributed by atoms with van der Waals surface area (Å²) in [4.78, 5) is 12.6. The van der Waals surface area contributed by atoms with Gasteiger partial charge in [-0.05, 0) is 37.9 Å². The van der Waals surface area contributed by atoms with Crippen LogP contribution in [0.1, 0.15) is 34.0 Å². The average molecular weight is 225 g/mol. The first kappa shape index (κ1) is 10.6. The fourth-order valence-electron chi connectivity index (χ4n) is 1.90. The van der Waals surface area contributed by atoms with Gasteiger partial charge in [-0.1, -0.05) is 0 Å². The predicted molar refractivity (Wildman–Crippen MR) is 60.5 cm³/mol. The SMILES string of the molecule is COC(=O)c1csc(C2CCNCC2)c1. The van der Waals surface area contributed by atoms with E-state index in [-0.39, 0.29) is 5.97 Å². The summed E-state index contributed by atoms with van der Waals surface area (Å²) in [6, 6.07) is 1.98. The van der Waals surface area contributed by atoms with Crippen LogP contribution in [0.2, 0.25) is 0 Å². The Morgan fingerprint density at radius 2 is 2.27 bits per heavy atom. The largest absolute Gasteiger partial charge is 0.465 e. The van der Waals surface area contributed by atoms with Crippen LogP contribution >= 0.6 is 11.3 Å². The van der Waals surface area contributed by atoms with Crippen molar-refractivity contribution in [1.82, 2.24) is 5.32 Å². The van der Waals surface area contributed by atoms with Crippen LogP contribution in [0, 0.1) is 0 Å². The smallest absolute Gasteiger partial charge is 0.338 e. The lowest BCUT2D eigenvalue weighted by molar-refractivity contribution is 0.0601. The molecule has 1 N–H and O–H groups in total. The zero-order chi connectivity index (χ0) is 10.7. The van der Waals surface area contributed by atoms with Gasteiger partial charge in [0.15, 0.2) is 0 Å². The van der Waals surface area contributed by atoms with Gasteiger partial charge in [-0.15, -0.1) is 11.3 Å². The summed E-state index contributed by atoms with van der Waals surface area (Å²) < 4.78 is 4.69. The minimum absolute atomic E-state index is 0.230. The Bertz CT molecular complexity index is 342. The van der Waals surface area contributed by atoms with Crippen LogP contribution in [0.4, 0.5) is 0 Å². The lowest BCUT2D eigenvalue weighted by Crippen LogP contribution is -2.26. The fourth-order valence-corrected chi connectivity index (χ4v) is 2.95. The molecule has 0 unspecified atom stereocenters. The third kappa shape index (κ3) is 2.38. The Labute approximate surface area is 93.4 Å². The zero-order valence-electron chi connectivity index (χ0n) is 8.79. The molecule has 3 nitrogen and oxygen atoms in total. The van der Waals surface area contributed by atoms with Gasteiger partial charge < -0.3 is 10.1 Å². The Balaban J connectivity index is 2.08. The fraction of sp³-hybridized carbons (Fsp3) is 0.545. The minimum Gasteiger partial charge on any atom is -0.465 e. The number of carbonyl (C=O) groups is 1. The Hall–Kier alpha value is -0.870. The number of hydrogen-bond acceptors (Lipinski definition) is 4. The monoisotopic (exact) mass is 225 g/mol. The summed E-state index contributed by atoms with van der Waals surface area (Å²) in [6.45, 7) is 2.16. The van der Waals surface area contributed by atoms with Crippen molar-refractivity contribution >= 4 is 17.3 Å². The van der Waals surface area contributed by atoms with Crippen LogP contribution in [0.15, 0.2) is 11.4 Å². The molecule has 0 spiro atoms. The first-order chi connectivity index (χ1) is 7.31. The molecular weight excluding hydrogens is 210 g/mol. The number of ether oxygens (including phenoxy) is 1. The Kier molecular flexibility index (Phi) is 3.38. The van der Waals surface area contributed by atoms with Gasteiger partial charge >= 0.3 is 5.97 Å². The highest BCUT2D eigenvalue weighted by Gasteiger charge is 2.18. The molecule has 1 aliphatic rings. The first-order valence-electron chi connectivity index (χ1n) is 5.18. The molecule has 2 heterocycles. The zero-order valence-corrected chi connectivity index (χ0v) is 9.60. The Morgan fingerprint density at radius 3 is 2.93 bits per heavy atom. The maximum atomic E-state index is 11.3. The van der Waals surface area contributed by atoms with E-state index in [0.29, 0.717) is 11.5 Å². The summed E-state index contributed by atoms with van der Waals surface area (Å²) in [5, 5.41) is 5.23. The van der Waals surface area contributed by atoms with Crippen molar-refractivity contribution in [2.45, 2.75) is 18.8 Å². The molecule has 1 fully saturated rings. The van der Waals surface area contributed by atoms with Crippen LogP contribution in [0.25, 0.3) is 0 Å². The molecule has 0 saturated carbocycles. The van der Waals surface area contributed by atoms with Crippen molar-refractivity contribution in [3.8, 4) is 0 Å². The van der Waals surface area contributed by atoms with Crippen LogP contribution in [0.3, 0.4) is 0 Å². The van der Waals surface area contributed by atoms with Gasteiger partial charge in [0.2, 0.25) is 0 Å². The summed E-state index contributed by atoms with van der Waals surface area (Å²) >= 11 is 1.67. The number of hydrogen-bond donors (Lipinski definition) is 1. The number of esters is 1. The lowest BCUT2D eigenvalue weighted by Gasteiger charge is -2.21. The van der Waals surface area contributed by atoms with Crippen molar-refractivity contribution in [2.75, 3.05) is 20.2 Å². The minimum atomic E-state index is -0.230. The average Bonchev–Trinajstić information content (AvgIpc) is 2.78. The summed E-state index contributed by atoms with van der Waals surface area (Å²) in [5.41, 5.74) is 0.691. The van der Waals surface area contributed by atoms with Gasteiger partial charge in [-0.2, -0.15) is 0 Å². The molecular formula is C11H15NO2S. The van der Waals surface area contributed by atoms with E-state index < -0.39 is 0 Å². The van der Waals surface area contributed by atoms with E-state index in [4.69, 9.17) is 4.74 Å². The molecule has 1 aliphatic heterocycles. The van der Waals surface area contributed by atoms with Crippen LogP contribution in [-0.2, 0) is 4.74 Å².